The molecule has 0 aliphatic heterocycles. The fourth-order valence-electron chi connectivity index (χ4n) is 3.16. The van der Waals surface area contributed by atoms with Crippen LogP contribution in [-0.4, -0.2) is 0 Å². The van der Waals surface area contributed by atoms with E-state index in [0.717, 1.165) is 31.6 Å². The van der Waals surface area contributed by atoms with E-state index in [-0.39, 0.29) is 5.41 Å². The Bertz CT molecular complexity index is 441. The van der Waals surface area contributed by atoms with Crippen molar-refractivity contribution in [2.24, 2.45) is 5.92 Å². The predicted octanol–water partition coefficient (Wildman–Crippen LogP) is 4.61. The van der Waals surface area contributed by atoms with Gasteiger partial charge in [-0.15, -0.1) is 0 Å². The van der Waals surface area contributed by atoms with Crippen LogP contribution in [0.1, 0.15) is 57.1 Å². The molecule has 1 aliphatic carbocycles. The summed E-state index contributed by atoms with van der Waals surface area (Å²) in [6, 6.07) is 11.2. The van der Waals surface area contributed by atoms with Crippen LogP contribution in [0, 0.1) is 17.2 Å². The van der Waals surface area contributed by atoms with Crippen LogP contribution < -0.4 is 0 Å². The Morgan fingerprint density at radius 3 is 2.83 bits per heavy atom. The van der Waals surface area contributed by atoms with E-state index in [4.69, 9.17) is 0 Å². The molecule has 0 heterocycles. The number of hydrogen-bond acceptors (Lipinski definition) is 1. The number of aryl methyl sites for hydroxylation is 1. The van der Waals surface area contributed by atoms with Gasteiger partial charge >= 0.3 is 0 Å². The lowest BCUT2D eigenvalue weighted by atomic mass is 9.68. The monoisotopic (exact) mass is 241 g/mol. The molecule has 1 atom stereocenters. The summed E-state index contributed by atoms with van der Waals surface area (Å²) in [5.41, 5.74) is 2.50. The molecule has 2 rings (SSSR count). The van der Waals surface area contributed by atoms with Gasteiger partial charge in [-0.2, -0.15) is 5.26 Å². The molecule has 0 spiro atoms. The normalized spacial score (nSPS) is 22.6. The summed E-state index contributed by atoms with van der Waals surface area (Å²) in [5, 5.41) is 9.70. The summed E-state index contributed by atoms with van der Waals surface area (Å²) in [4.78, 5) is 0. The predicted molar refractivity (Wildman–Crippen MR) is 75.4 cm³/mol. The SMILES string of the molecule is CC(C)CCCC1(C#N)CCCc2ccccc21. The van der Waals surface area contributed by atoms with E-state index in [1.165, 1.54) is 24.0 Å². The molecule has 0 fully saturated rings. The zero-order valence-corrected chi connectivity index (χ0v) is 11.6. The Morgan fingerprint density at radius 1 is 1.33 bits per heavy atom. The summed E-state index contributed by atoms with van der Waals surface area (Å²) in [7, 11) is 0. The average Bonchev–Trinajstić information content (AvgIpc) is 2.38. The molecule has 0 aromatic heterocycles. The average molecular weight is 241 g/mol. The van der Waals surface area contributed by atoms with E-state index in [2.05, 4.69) is 44.2 Å². The fraction of sp³-hybridized carbons (Fsp3) is 0.588. The van der Waals surface area contributed by atoms with Gasteiger partial charge in [0.2, 0.25) is 0 Å². The molecule has 0 bridgehead atoms. The Hall–Kier alpha value is -1.29. The highest BCUT2D eigenvalue weighted by atomic mass is 14.4. The van der Waals surface area contributed by atoms with E-state index in [1.54, 1.807) is 0 Å². The third-order valence-corrected chi connectivity index (χ3v) is 4.18. The third-order valence-electron chi connectivity index (χ3n) is 4.18. The number of hydrogen-bond donors (Lipinski definition) is 0. The van der Waals surface area contributed by atoms with Gasteiger partial charge < -0.3 is 0 Å². The van der Waals surface area contributed by atoms with Crippen LogP contribution in [0.2, 0.25) is 0 Å². The van der Waals surface area contributed by atoms with Gasteiger partial charge in [-0.1, -0.05) is 51.0 Å². The molecule has 96 valence electrons. The van der Waals surface area contributed by atoms with Gasteiger partial charge in [0, 0.05) is 0 Å². The van der Waals surface area contributed by atoms with E-state index in [0.29, 0.717) is 0 Å². The largest absolute Gasteiger partial charge is 0.197 e. The molecule has 0 saturated carbocycles. The highest BCUT2D eigenvalue weighted by Crippen LogP contribution is 2.40. The number of benzene rings is 1. The van der Waals surface area contributed by atoms with Crippen molar-refractivity contribution < 1.29 is 0 Å². The van der Waals surface area contributed by atoms with Crippen LogP contribution in [0.5, 0.6) is 0 Å². The van der Waals surface area contributed by atoms with E-state index in [1.807, 2.05) is 0 Å². The first kappa shape index (κ1) is 13.1. The van der Waals surface area contributed by atoms with Crippen molar-refractivity contribution in [3.63, 3.8) is 0 Å². The van der Waals surface area contributed by atoms with Gasteiger partial charge in [-0.25, -0.2) is 0 Å². The van der Waals surface area contributed by atoms with E-state index in [9.17, 15) is 5.26 Å². The molecule has 1 aromatic rings. The first-order chi connectivity index (χ1) is 8.68. The lowest BCUT2D eigenvalue weighted by molar-refractivity contribution is 0.390. The van der Waals surface area contributed by atoms with Crippen molar-refractivity contribution >= 4 is 0 Å². The highest BCUT2D eigenvalue weighted by Gasteiger charge is 2.35. The standard InChI is InChI=1S/C17H23N/c1-14(2)7-5-11-17(13-18)12-6-9-15-8-3-4-10-16(15)17/h3-4,8,10,14H,5-7,9,11-12H2,1-2H3. The highest BCUT2D eigenvalue weighted by molar-refractivity contribution is 5.41. The molecule has 1 nitrogen and oxygen atoms in total. The maximum absolute atomic E-state index is 9.70. The minimum atomic E-state index is -0.205. The lowest BCUT2D eigenvalue weighted by Crippen LogP contribution is -2.29. The molecule has 0 saturated heterocycles. The van der Waals surface area contributed by atoms with Gasteiger partial charge in [-0.3, -0.25) is 0 Å². The third kappa shape index (κ3) is 2.58. The minimum Gasteiger partial charge on any atom is -0.197 e. The number of nitriles is 1. The summed E-state index contributed by atoms with van der Waals surface area (Å²) in [6.45, 7) is 4.52. The second-order valence-corrected chi connectivity index (χ2v) is 5.99. The van der Waals surface area contributed by atoms with Crippen LogP contribution in [-0.2, 0) is 11.8 Å². The van der Waals surface area contributed by atoms with Gasteiger partial charge in [-0.05, 0) is 42.7 Å². The number of nitrogens with zero attached hydrogens (tertiary/aromatic N) is 1. The fourth-order valence-corrected chi connectivity index (χ4v) is 3.16. The maximum atomic E-state index is 9.70. The summed E-state index contributed by atoms with van der Waals surface area (Å²) in [6.07, 6.45) is 6.76. The molecule has 18 heavy (non-hydrogen) atoms. The molecule has 1 aliphatic rings. The first-order valence-electron chi connectivity index (χ1n) is 7.17. The van der Waals surface area contributed by atoms with Crippen LogP contribution >= 0.6 is 0 Å². The van der Waals surface area contributed by atoms with E-state index >= 15 is 0 Å². The van der Waals surface area contributed by atoms with Crippen molar-refractivity contribution in [2.45, 2.75) is 57.8 Å². The Morgan fingerprint density at radius 2 is 2.11 bits per heavy atom. The second kappa shape index (κ2) is 5.57. The van der Waals surface area contributed by atoms with Gasteiger partial charge in [0.1, 0.15) is 0 Å². The molecule has 0 radical (unpaired) electrons. The smallest absolute Gasteiger partial charge is 0.0825 e. The molecule has 0 N–H and O–H groups in total. The number of fused-ring (bicyclic) bond motifs is 1. The topological polar surface area (TPSA) is 23.8 Å². The second-order valence-electron chi connectivity index (χ2n) is 5.99. The maximum Gasteiger partial charge on any atom is 0.0825 e. The Kier molecular flexibility index (Phi) is 4.07. The van der Waals surface area contributed by atoms with Gasteiger partial charge in [0.25, 0.3) is 0 Å². The van der Waals surface area contributed by atoms with E-state index < -0.39 is 0 Å². The molecule has 1 heteroatoms. The van der Waals surface area contributed by atoms with Gasteiger partial charge in [0.05, 0.1) is 11.5 Å². The van der Waals surface area contributed by atoms with Crippen LogP contribution in [0.3, 0.4) is 0 Å². The first-order valence-corrected chi connectivity index (χ1v) is 7.17. The zero-order chi connectivity index (χ0) is 13.0. The van der Waals surface area contributed by atoms with Crippen LogP contribution in [0.15, 0.2) is 24.3 Å². The zero-order valence-electron chi connectivity index (χ0n) is 11.6. The molecule has 0 amide bonds. The van der Waals surface area contributed by atoms with Crippen molar-refractivity contribution in [1.82, 2.24) is 0 Å². The van der Waals surface area contributed by atoms with Crippen molar-refractivity contribution in [3.8, 4) is 6.07 Å². The number of rotatable bonds is 4. The Labute approximate surface area is 111 Å². The van der Waals surface area contributed by atoms with Crippen LogP contribution in [0.4, 0.5) is 0 Å². The van der Waals surface area contributed by atoms with Crippen LogP contribution in [0.25, 0.3) is 0 Å². The summed E-state index contributed by atoms with van der Waals surface area (Å²) < 4.78 is 0. The molecular weight excluding hydrogens is 218 g/mol. The van der Waals surface area contributed by atoms with Crippen molar-refractivity contribution in [1.29, 1.82) is 5.26 Å². The quantitative estimate of drug-likeness (QED) is 0.755. The summed E-state index contributed by atoms with van der Waals surface area (Å²) in [5.74, 6) is 0.736. The minimum absolute atomic E-state index is 0.205. The molecular formula is C17H23N. The lowest BCUT2D eigenvalue weighted by Gasteiger charge is -2.33. The molecule has 1 aromatic carbocycles. The van der Waals surface area contributed by atoms with Gasteiger partial charge in [0.15, 0.2) is 0 Å². The van der Waals surface area contributed by atoms with Crippen molar-refractivity contribution in [3.05, 3.63) is 35.4 Å². The summed E-state index contributed by atoms with van der Waals surface area (Å²) >= 11 is 0. The molecule has 1 unspecified atom stereocenters. The Balaban J connectivity index is 2.21. The van der Waals surface area contributed by atoms with Crippen molar-refractivity contribution in [2.75, 3.05) is 0 Å².